The highest BCUT2D eigenvalue weighted by atomic mass is 35.5. The van der Waals surface area contributed by atoms with E-state index >= 15 is 0 Å². The van der Waals surface area contributed by atoms with Gasteiger partial charge in [0.1, 0.15) is 0 Å². The monoisotopic (exact) mass is 419 g/mol. The maximum Gasteiger partial charge on any atom is 0.253 e. The minimum absolute atomic E-state index is 0.0156. The third-order valence-electron chi connectivity index (χ3n) is 4.65. The van der Waals surface area contributed by atoms with Gasteiger partial charge in [-0.15, -0.1) is 0 Å². The number of carbonyl (C=O) groups is 2. The summed E-state index contributed by atoms with van der Waals surface area (Å²) in [6.07, 6.45) is 4.42. The summed E-state index contributed by atoms with van der Waals surface area (Å²) in [5.74, 6) is -0.225. The van der Waals surface area contributed by atoms with Crippen LogP contribution in [0.4, 0.5) is 11.4 Å². The van der Waals surface area contributed by atoms with E-state index in [-0.39, 0.29) is 18.4 Å². The van der Waals surface area contributed by atoms with Crippen LogP contribution in [-0.2, 0) is 4.79 Å². The number of hydrogen-bond donors (Lipinski definition) is 2. The molecule has 3 rings (SSSR count). The largest absolute Gasteiger partial charge is 0.375 e. The van der Waals surface area contributed by atoms with Crippen molar-refractivity contribution in [3.63, 3.8) is 0 Å². The fourth-order valence-electron chi connectivity index (χ4n) is 3.20. The first-order valence-electron chi connectivity index (χ1n) is 9.41. The zero-order valence-electron chi connectivity index (χ0n) is 15.5. The number of likely N-dealkylation sites (tertiary alicyclic amines) is 1. The summed E-state index contributed by atoms with van der Waals surface area (Å²) in [5.41, 5.74) is 1.77. The van der Waals surface area contributed by atoms with E-state index in [4.69, 9.17) is 23.2 Å². The van der Waals surface area contributed by atoms with Gasteiger partial charge in [0.15, 0.2) is 0 Å². The summed E-state index contributed by atoms with van der Waals surface area (Å²) >= 11 is 12.0. The van der Waals surface area contributed by atoms with E-state index in [1.165, 1.54) is 12.8 Å². The summed E-state index contributed by atoms with van der Waals surface area (Å²) in [4.78, 5) is 26.9. The highest BCUT2D eigenvalue weighted by Gasteiger charge is 2.17. The summed E-state index contributed by atoms with van der Waals surface area (Å²) in [7, 11) is 0. The quantitative estimate of drug-likeness (QED) is 0.711. The molecule has 0 saturated carbocycles. The Morgan fingerprint density at radius 3 is 2.46 bits per heavy atom. The van der Waals surface area contributed by atoms with Crippen molar-refractivity contribution >= 4 is 46.4 Å². The molecule has 1 aliphatic rings. The predicted molar refractivity (Wildman–Crippen MR) is 114 cm³/mol. The van der Waals surface area contributed by atoms with Crippen LogP contribution in [0.15, 0.2) is 42.5 Å². The van der Waals surface area contributed by atoms with Gasteiger partial charge in [-0.1, -0.05) is 42.1 Å². The molecule has 1 fully saturated rings. The Bertz CT molecular complexity index is 849. The SMILES string of the molecule is O=C(CNc1cc(Cl)ccc1Cl)Nc1cccc(C(=O)N2CCCCCC2)c1. The number of hydrogen-bond acceptors (Lipinski definition) is 3. The van der Waals surface area contributed by atoms with Crippen LogP contribution in [0.25, 0.3) is 0 Å². The van der Waals surface area contributed by atoms with Crippen LogP contribution in [0, 0.1) is 0 Å². The summed E-state index contributed by atoms with van der Waals surface area (Å²) in [6.45, 7) is 1.61. The Labute approximate surface area is 175 Å². The Hall–Kier alpha value is -2.24. The van der Waals surface area contributed by atoms with Gasteiger partial charge in [0.2, 0.25) is 5.91 Å². The number of benzene rings is 2. The molecule has 0 spiro atoms. The van der Waals surface area contributed by atoms with Crippen molar-refractivity contribution in [3.8, 4) is 0 Å². The molecule has 28 heavy (non-hydrogen) atoms. The molecule has 0 unspecified atom stereocenters. The van der Waals surface area contributed by atoms with Crippen molar-refractivity contribution in [2.75, 3.05) is 30.3 Å². The average molecular weight is 420 g/mol. The van der Waals surface area contributed by atoms with Crippen LogP contribution >= 0.6 is 23.2 Å². The van der Waals surface area contributed by atoms with Crippen molar-refractivity contribution in [3.05, 3.63) is 58.1 Å². The molecule has 1 aliphatic heterocycles. The second-order valence-electron chi connectivity index (χ2n) is 6.81. The van der Waals surface area contributed by atoms with Crippen LogP contribution in [0.3, 0.4) is 0 Å². The van der Waals surface area contributed by atoms with Crippen molar-refractivity contribution in [2.45, 2.75) is 25.7 Å². The first-order valence-corrected chi connectivity index (χ1v) is 10.2. The molecule has 2 aromatic rings. The molecule has 7 heteroatoms. The molecule has 1 heterocycles. The Morgan fingerprint density at radius 2 is 1.71 bits per heavy atom. The van der Waals surface area contributed by atoms with Gasteiger partial charge >= 0.3 is 0 Å². The van der Waals surface area contributed by atoms with Crippen LogP contribution in [0.2, 0.25) is 10.0 Å². The van der Waals surface area contributed by atoms with E-state index in [1.54, 1.807) is 42.5 Å². The van der Waals surface area contributed by atoms with E-state index in [0.29, 0.717) is 27.0 Å². The number of carbonyl (C=O) groups excluding carboxylic acids is 2. The highest BCUT2D eigenvalue weighted by molar-refractivity contribution is 6.35. The van der Waals surface area contributed by atoms with Gasteiger partial charge in [0.05, 0.1) is 17.3 Å². The lowest BCUT2D eigenvalue weighted by molar-refractivity contribution is -0.114. The summed E-state index contributed by atoms with van der Waals surface area (Å²) in [6, 6.07) is 12.1. The molecule has 2 aromatic carbocycles. The van der Waals surface area contributed by atoms with Crippen molar-refractivity contribution < 1.29 is 9.59 Å². The van der Waals surface area contributed by atoms with E-state index in [9.17, 15) is 9.59 Å². The van der Waals surface area contributed by atoms with Gasteiger partial charge in [-0.25, -0.2) is 0 Å². The molecular formula is C21H23Cl2N3O2. The van der Waals surface area contributed by atoms with Crippen LogP contribution in [-0.4, -0.2) is 36.3 Å². The lowest BCUT2D eigenvalue weighted by Gasteiger charge is -2.20. The van der Waals surface area contributed by atoms with Gasteiger partial charge in [-0.3, -0.25) is 9.59 Å². The molecule has 5 nitrogen and oxygen atoms in total. The van der Waals surface area contributed by atoms with Gasteiger partial charge < -0.3 is 15.5 Å². The van der Waals surface area contributed by atoms with Gasteiger partial charge in [-0.05, 0) is 49.2 Å². The van der Waals surface area contributed by atoms with Crippen molar-refractivity contribution in [1.29, 1.82) is 0 Å². The van der Waals surface area contributed by atoms with E-state index < -0.39 is 0 Å². The first-order chi connectivity index (χ1) is 13.5. The smallest absolute Gasteiger partial charge is 0.253 e. The van der Waals surface area contributed by atoms with Gasteiger partial charge in [0.25, 0.3) is 5.91 Å². The maximum atomic E-state index is 12.7. The third kappa shape index (κ3) is 5.63. The van der Waals surface area contributed by atoms with Crippen LogP contribution < -0.4 is 10.6 Å². The molecule has 1 saturated heterocycles. The molecule has 148 valence electrons. The molecule has 0 radical (unpaired) electrons. The minimum Gasteiger partial charge on any atom is -0.375 e. The van der Waals surface area contributed by atoms with Crippen LogP contribution in [0.5, 0.6) is 0 Å². The normalized spacial score (nSPS) is 14.3. The zero-order valence-corrected chi connectivity index (χ0v) is 17.0. The topological polar surface area (TPSA) is 61.4 Å². The molecule has 2 N–H and O–H groups in total. The summed E-state index contributed by atoms with van der Waals surface area (Å²) < 4.78 is 0. The average Bonchev–Trinajstić information content (AvgIpc) is 2.98. The van der Waals surface area contributed by atoms with Crippen molar-refractivity contribution in [2.24, 2.45) is 0 Å². The Morgan fingerprint density at radius 1 is 0.964 bits per heavy atom. The summed E-state index contributed by atoms with van der Waals surface area (Å²) in [5, 5.41) is 6.80. The van der Waals surface area contributed by atoms with Crippen molar-refractivity contribution in [1.82, 2.24) is 4.90 Å². The Kier molecular flexibility index (Phi) is 7.18. The number of amides is 2. The van der Waals surface area contributed by atoms with E-state index in [0.717, 1.165) is 25.9 Å². The zero-order chi connectivity index (χ0) is 19.9. The van der Waals surface area contributed by atoms with E-state index in [2.05, 4.69) is 10.6 Å². The van der Waals surface area contributed by atoms with Gasteiger partial charge in [-0.2, -0.15) is 0 Å². The van der Waals surface area contributed by atoms with E-state index in [1.807, 2.05) is 4.90 Å². The van der Waals surface area contributed by atoms with Gasteiger partial charge in [0, 0.05) is 29.4 Å². The molecule has 2 amide bonds. The second-order valence-corrected chi connectivity index (χ2v) is 7.66. The number of nitrogens with one attached hydrogen (secondary N) is 2. The lowest BCUT2D eigenvalue weighted by Crippen LogP contribution is -2.31. The fraction of sp³-hybridized carbons (Fsp3) is 0.333. The maximum absolute atomic E-state index is 12.7. The second kappa shape index (κ2) is 9.80. The highest BCUT2D eigenvalue weighted by Crippen LogP contribution is 2.25. The number of halogens is 2. The minimum atomic E-state index is -0.240. The lowest BCUT2D eigenvalue weighted by atomic mass is 10.1. The number of rotatable bonds is 5. The molecular weight excluding hydrogens is 397 g/mol. The predicted octanol–water partition coefficient (Wildman–Crippen LogP) is 5.06. The standard InChI is InChI=1S/C21H23Cl2N3O2/c22-16-8-9-18(23)19(13-16)24-14-20(27)25-17-7-5-6-15(12-17)21(28)26-10-3-1-2-4-11-26/h5-9,12-13,24H,1-4,10-11,14H2,(H,25,27). The number of nitrogens with zero attached hydrogens (tertiary/aromatic N) is 1. The third-order valence-corrected chi connectivity index (χ3v) is 5.22. The fourth-order valence-corrected chi connectivity index (χ4v) is 3.56. The first kappa shape index (κ1) is 20.5. The van der Waals surface area contributed by atoms with Crippen LogP contribution in [0.1, 0.15) is 36.0 Å². The Balaban J connectivity index is 1.59. The number of anilines is 2. The molecule has 0 atom stereocenters. The molecule has 0 bridgehead atoms. The molecule has 0 aliphatic carbocycles. The molecule has 0 aromatic heterocycles.